The summed E-state index contributed by atoms with van der Waals surface area (Å²) in [5.74, 6) is 0. The van der Waals surface area contributed by atoms with Crippen LogP contribution in [0.5, 0.6) is 0 Å². The van der Waals surface area contributed by atoms with Crippen molar-refractivity contribution in [3.05, 3.63) is 24.3 Å². The van der Waals surface area contributed by atoms with Gasteiger partial charge in [-0.15, -0.1) is 0 Å². The molecule has 0 radical (unpaired) electrons. The Bertz CT molecular complexity index is 604. The Labute approximate surface area is 145 Å². The summed E-state index contributed by atoms with van der Waals surface area (Å²) in [7, 11) is -0.621. The summed E-state index contributed by atoms with van der Waals surface area (Å²) < 4.78 is 61.1. The molecule has 8 nitrogen and oxygen atoms in total. The highest BCUT2D eigenvalue weighted by Gasteiger charge is 2.20. The largest absolute Gasteiger partial charge is 0.382 e. The maximum atomic E-state index is 12.3. The van der Waals surface area contributed by atoms with Gasteiger partial charge in [0.15, 0.2) is 11.1 Å². The molecule has 0 saturated carbocycles. The molecule has 0 fully saturated rings. The normalized spacial score (nSPS) is 13.3. The van der Waals surface area contributed by atoms with Crippen molar-refractivity contribution in [1.82, 2.24) is 4.31 Å². The van der Waals surface area contributed by atoms with Crippen molar-refractivity contribution in [2.75, 3.05) is 53.7 Å². The first-order valence-corrected chi connectivity index (χ1v) is 9.76. The van der Waals surface area contributed by atoms with Crippen LogP contribution in [0.25, 0.3) is 0 Å². The third kappa shape index (κ3) is 6.93. The molecule has 1 aromatic rings. The second-order valence-electron chi connectivity index (χ2n) is 4.76. The first-order valence-electron chi connectivity index (χ1n) is 7.21. The first-order chi connectivity index (χ1) is 11.4. The molecule has 1 atom stereocenters. The summed E-state index contributed by atoms with van der Waals surface area (Å²) in [5.41, 5.74) is 0. The average molecular weight is 381 g/mol. The fraction of sp³-hybridized carbons (Fsp3) is 0.571. The van der Waals surface area contributed by atoms with Crippen molar-refractivity contribution in [1.29, 1.82) is 0 Å². The maximum absolute atomic E-state index is 12.3. The summed E-state index contributed by atoms with van der Waals surface area (Å²) >= 11 is -2.13. The smallest absolute Gasteiger partial charge is 0.242 e. The Balaban J connectivity index is 2.40. The summed E-state index contributed by atoms with van der Waals surface area (Å²) in [4.78, 5) is 0.204. The highest BCUT2D eigenvalue weighted by Crippen LogP contribution is 2.16. The monoisotopic (exact) mass is 381 g/mol. The van der Waals surface area contributed by atoms with Crippen LogP contribution in [-0.2, 0) is 35.3 Å². The number of likely N-dealkylation sites (N-methyl/N-ethyl adjacent to an activating group) is 1. The number of ether oxygens (including phenoxy) is 3. The van der Waals surface area contributed by atoms with Gasteiger partial charge >= 0.3 is 0 Å². The van der Waals surface area contributed by atoms with E-state index in [1.165, 1.54) is 35.6 Å². The van der Waals surface area contributed by atoms with Crippen LogP contribution in [0, 0.1) is 0 Å². The zero-order chi connectivity index (χ0) is 18.0. The summed E-state index contributed by atoms with van der Waals surface area (Å²) in [6, 6.07) is 5.23. The lowest BCUT2D eigenvalue weighted by Gasteiger charge is -2.17. The predicted molar refractivity (Wildman–Crippen MR) is 88.8 cm³/mol. The lowest BCUT2D eigenvalue weighted by atomic mass is 10.4. The molecule has 24 heavy (non-hydrogen) atoms. The van der Waals surface area contributed by atoms with Crippen LogP contribution in [0.2, 0.25) is 0 Å². The van der Waals surface area contributed by atoms with E-state index < -0.39 is 21.1 Å². The first kappa shape index (κ1) is 21.2. The Morgan fingerprint density at radius 3 is 2.12 bits per heavy atom. The predicted octanol–water partition coefficient (Wildman–Crippen LogP) is 0.567. The summed E-state index contributed by atoms with van der Waals surface area (Å²) in [5, 5.41) is 0. The number of hydrogen-bond donors (Lipinski definition) is 1. The average Bonchev–Trinajstić information content (AvgIpc) is 2.57. The number of rotatable bonds is 12. The zero-order valence-corrected chi connectivity index (χ0v) is 15.3. The second kappa shape index (κ2) is 10.9. The Kier molecular flexibility index (Phi) is 9.59. The fourth-order valence-corrected chi connectivity index (χ4v) is 3.21. The molecule has 0 heterocycles. The molecular formula is C14H23NO7S2. The molecule has 0 saturated heterocycles. The van der Waals surface area contributed by atoms with Crippen molar-refractivity contribution in [3.8, 4) is 0 Å². The third-order valence-corrected chi connectivity index (χ3v) is 5.63. The van der Waals surface area contributed by atoms with Gasteiger partial charge in [0.1, 0.15) is 0 Å². The summed E-state index contributed by atoms with van der Waals surface area (Å²) in [6.45, 7) is 2.22. The van der Waals surface area contributed by atoms with Gasteiger partial charge in [0, 0.05) is 20.7 Å². The number of methoxy groups -OCH3 is 1. The van der Waals surface area contributed by atoms with Gasteiger partial charge in [-0.05, 0) is 24.3 Å². The fourth-order valence-electron chi connectivity index (χ4n) is 1.69. The van der Waals surface area contributed by atoms with E-state index in [4.69, 9.17) is 18.8 Å². The highest BCUT2D eigenvalue weighted by atomic mass is 32.2. The molecule has 0 spiro atoms. The van der Waals surface area contributed by atoms with Crippen molar-refractivity contribution in [2.45, 2.75) is 9.79 Å². The van der Waals surface area contributed by atoms with Crippen LogP contribution < -0.4 is 0 Å². The van der Waals surface area contributed by atoms with E-state index in [0.717, 1.165) is 0 Å². The van der Waals surface area contributed by atoms with E-state index >= 15 is 0 Å². The molecule has 1 N–H and O–H groups in total. The van der Waals surface area contributed by atoms with E-state index in [-0.39, 0.29) is 22.9 Å². The number of benzene rings is 1. The number of sulfonamides is 1. The minimum Gasteiger partial charge on any atom is -0.382 e. The van der Waals surface area contributed by atoms with E-state index in [1.54, 1.807) is 7.11 Å². The summed E-state index contributed by atoms with van der Waals surface area (Å²) in [6.07, 6.45) is 0. The van der Waals surface area contributed by atoms with Gasteiger partial charge in [-0.3, -0.25) is 0 Å². The molecule has 0 aliphatic carbocycles. The van der Waals surface area contributed by atoms with Gasteiger partial charge in [-0.2, -0.15) is 4.31 Å². The lowest BCUT2D eigenvalue weighted by molar-refractivity contribution is 0.0236. The molecule has 0 aromatic heterocycles. The van der Waals surface area contributed by atoms with Gasteiger partial charge in [-0.25, -0.2) is 12.6 Å². The molecule has 1 aromatic carbocycles. The standard InChI is InChI=1S/C14H23NO7S2/c1-15(7-8-21-11-12-22-10-9-20-2)24(18,19)14-5-3-13(4-6-14)23(16)17/h3-6H,7-12H2,1-2H3,(H,16,17). The highest BCUT2D eigenvalue weighted by molar-refractivity contribution is 7.89. The molecule has 10 heteroatoms. The number of nitrogens with zero attached hydrogens (tertiary/aromatic N) is 1. The minimum absolute atomic E-state index is 0.0575. The van der Waals surface area contributed by atoms with Gasteiger partial charge in [0.25, 0.3) is 0 Å². The van der Waals surface area contributed by atoms with Gasteiger partial charge in [0.05, 0.1) is 42.8 Å². The SMILES string of the molecule is COCCOCCOCCN(C)S(=O)(=O)c1ccc(S(=O)O)cc1. The topological polar surface area (TPSA) is 102 Å². The van der Waals surface area contributed by atoms with Crippen LogP contribution in [-0.4, -0.2) is 75.2 Å². The van der Waals surface area contributed by atoms with Gasteiger partial charge in [-0.1, -0.05) is 0 Å². The lowest BCUT2D eigenvalue weighted by Crippen LogP contribution is -2.30. The molecule has 0 aliphatic heterocycles. The van der Waals surface area contributed by atoms with Crippen molar-refractivity contribution < 1.29 is 31.4 Å². The molecule has 1 unspecified atom stereocenters. The van der Waals surface area contributed by atoms with Gasteiger partial charge < -0.3 is 18.8 Å². The maximum Gasteiger partial charge on any atom is 0.242 e. The van der Waals surface area contributed by atoms with Crippen molar-refractivity contribution in [2.24, 2.45) is 0 Å². The van der Waals surface area contributed by atoms with E-state index in [1.807, 2.05) is 0 Å². The molecule has 0 amide bonds. The van der Waals surface area contributed by atoms with E-state index in [2.05, 4.69) is 0 Å². The van der Waals surface area contributed by atoms with Crippen LogP contribution in [0.3, 0.4) is 0 Å². The van der Waals surface area contributed by atoms with Crippen LogP contribution in [0.1, 0.15) is 0 Å². The second-order valence-corrected chi connectivity index (χ2v) is 7.78. The van der Waals surface area contributed by atoms with Crippen LogP contribution >= 0.6 is 0 Å². The Morgan fingerprint density at radius 2 is 1.58 bits per heavy atom. The molecule has 0 aliphatic rings. The molecule has 138 valence electrons. The van der Waals surface area contributed by atoms with Crippen molar-refractivity contribution >= 4 is 21.1 Å². The molecule has 0 bridgehead atoms. The molecule has 1 rings (SSSR count). The Morgan fingerprint density at radius 1 is 1.04 bits per heavy atom. The van der Waals surface area contributed by atoms with Crippen LogP contribution in [0.4, 0.5) is 0 Å². The molecular weight excluding hydrogens is 358 g/mol. The van der Waals surface area contributed by atoms with Crippen molar-refractivity contribution in [3.63, 3.8) is 0 Å². The van der Waals surface area contributed by atoms with Crippen LogP contribution in [0.15, 0.2) is 34.1 Å². The minimum atomic E-state index is -3.66. The number of hydrogen-bond acceptors (Lipinski definition) is 6. The Hall–Kier alpha value is -0.880. The van der Waals surface area contributed by atoms with Gasteiger partial charge in [0.2, 0.25) is 10.0 Å². The quantitative estimate of drug-likeness (QED) is 0.417. The van der Waals surface area contributed by atoms with E-state index in [0.29, 0.717) is 26.4 Å². The zero-order valence-electron chi connectivity index (χ0n) is 13.7. The van der Waals surface area contributed by atoms with E-state index in [9.17, 15) is 12.6 Å². The third-order valence-electron chi connectivity index (χ3n) is 3.09.